The Balaban J connectivity index is 1.56. The fraction of sp³-hybridized carbons (Fsp3) is 0.500. The van der Waals surface area contributed by atoms with E-state index in [1.165, 1.54) is 0 Å². The highest BCUT2D eigenvalue weighted by Gasteiger charge is 2.40. The third-order valence-corrected chi connectivity index (χ3v) is 6.31. The number of rotatable bonds is 5. The Labute approximate surface area is 182 Å². The minimum atomic E-state index is -1.19. The summed E-state index contributed by atoms with van der Waals surface area (Å²) in [6, 6.07) is 2.24. The molecule has 4 rings (SSSR count). The summed E-state index contributed by atoms with van der Waals surface area (Å²) in [5.74, 6) is -6.31. The number of carbonyl (C=O) groups is 2. The smallest absolute Gasteiger partial charge is 0.309 e. The molecule has 1 amide bonds. The van der Waals surface area contributed by atoms with Gasteiger partial charge in [0.15, 0.2) is 11.5 Å². The number of carboxylic acid groups (broad SMARTS) is 1. The van der Waals surface area contributed by atoms with Crippen molar-refractivity contribution in [3.8, 4) is 11.3 Å². The Hall–Kier alpha value is -2.88. The lowest BCUT2D eigenvalue weighted by Gasteiger charge is -2.45. The molecule has 2 N–H and O–H groups in total. The Kier molecular flexibility index (Phi) is 6.50. The van der Waals surface area contributed by atoms with Gasteiger partial charge < -0.3 is 14.9 Å². The van der Waals surface area contributed by atoms with Crippen molar-refractivity contribution in [2.75, 3.05) is 6.54 Å². The van der Waals surface area contributed by atoms with Crippen LogP contribution in [-0.4, -0.2) is 45.8 Å². The van der Waals surface area contributed by atoms with E-state index in [0.717, 1.165) is 44.6 Å². The summed E-state index contributed by atoms with van der Waals surface area (Å²) >= 11 is 0. The number of nitrogens with zero attached hydrogens (tertiary/aromatic N) is 2. The Morgan fingerprint density at radius 2 is 1.72 bits per heavy atom. The predicted octanol–water partition coefficient (Wildman–Crippen LogP) is 3.94. The first-order chi connectivity index (χ1) is 15.3. The number of likely N-dealkylation sites (tertiary alicyclic amines) is 1. The number of amides is 1. The second-order valence-corrected chi connectivity index (χ2v) is 8.36. The topological polar surface area (TPSA) is 95.7 Å². The molecule has 0 radical (unpaired) electrons. The average molecular weight is 451 g/mol. The molecule has 0 spiro atoms. The van der Waals surface area contributed by atoms with Gasteiger partial charge in [0.05, 0.1) is 17.6 Å². The van der Waals surface area contributed by atoms with Crippen LogP contribution in [0.4, 0.5) is 13.2 Å². The van der Waals surface area contributed by atoms with Crippen LogP contribution in [0.25, 0.3) is 11.3 Å². The van der Waals surface area contributed by atoms with Crippen molar-refractivity contribution in [2.45, 2.75) is 57.2 Å². The maximum atomic E-state index is 14.0. The van der Waals surface area contributed by atoms with E-state index in [4.69, 9.17) is 4.52 Å². The minimum absolute atomic E-state index is 0.187. The molecule has 2 fully saturated rings. The SMILES string of the molecule is O=C(NC1[C@H](C(=O)O)CCCN1C1CCCCC1)c1cc(-c2c(F)cc(F)cc2F)on1. The van der Waals surface area contributed by atoms with E-state index in [-0.39, 0.29) is 17.5 Å². The van der Waals surface area contributed by atoms with Gasteiger partial charge in [0.25, 0.3) is 5.91 Å². The van der Waals surface area contributed by atoms with Gasteiger partial charge in [0, 0.05) is 30.8 Å². The van der Waals surface area contributed by atoms with Crippen LogP contribution in [-0.2, 0) is 4.79 Å². The minimum Gasteiger partial charge on any atom is -0.481 e. The van der Waals surface area contributed by atoms with E-state index >= 15 is 0 Å². The lowest BCUT2D eigenvalue weighted by Crippen LogP contribution is -2.60. The molecule has 1 aliphatic carbocycles. The molecule has 7 nitrogen and oxygen atoms in total. The molecule has 2 heterocycles. The van der Waals surface area contributed by atoms with Gasteiger partial charge in [0.2, 0.25) is 0 Å². The second kappa shape index (κ2) is 9.32. The summed E-state index contributed by atoms with van der Waals surface area (Å²) < 4.78 is 46.2. The van der Waals surface area contributed by atoms with Crippen molar-refractivity contribution in [1.29, 1.82) is 0 Å². The molecule has 1 unspecified atom stereocenters. The summed E-state index contributed by atoms with van der Waals surface area (Å²) in [5.41, 5.74) is -0.885. The van der Waals surface area contributed by atoms with Crippen molar-refractivity contribution < 1.29 is 32.4 Å². The van der Waals surface area contributed by atoms with Gasteiger partial charge in [0.1, 0.15) is 17.5 Å². The summed E-state index contributed by atoms with van der Waals surface area (Å²) in [6.07, 6.45) is 5.56. The average Bonchev–Trinajstić information content (AvgIpc) is 3.23. The zero-order valence-electron chi connectivity index (χ0n) is 17.3. The normalized spacial score (nSPS) is 22.6. The van der Waals surface area contributed by atoms with Gasteiger partial charge in [-0.15, -0.1) is 0 Å². The number of hydrogen-bond donors (Lipinski definition) is 2. The van der Waals surface area contributed by atoms with Crippen LogP contribution in [0.2, 0.25) is 0 Å². The zero-order valence-corrected chi connectivity index (χ0v) is 17.3. The Morgan fingerprint density at radius 1 is 1.03 bits per heavy atom. The monoisotopic (exact) mass is 451 g/mol. The first-order valence-electron chi connectivity index (χ1n) is 10.8. The number of aliphatic carboxylic acids is 1. The van der Waals surface area contributed by atoms with E-state index < -0.39 is 47.0 Å². The molecule has 32 heavy (non-hydrogen) atoms. The third-order valence-electron chi connectivity index (χ3n) is 6.31. The van der Waals surface area contributed by atoms with Gasteiger partial charge in [-0.1, -0.05) is 24.4 Å². The highest BCUT2D eigenvalue weighted by Crippen LogP contribution is 2.31. The highest BCUT2D eigenvalue weighted by atomic mass is 19.1. The lowest BCUT2D eigenvalue weighted by atomic mass is 9.88. The Morgan fingerprint density at radius 3 is 2.38 bits per heavy atom. The van der Waals surface area contributed by atoms with Crippen LogP contribution in [0.5, 0.6) is 0 Å². The van der Waals surface area contributed by atoms with E-state index in [1.807, 2.05) is 0 Å². The van der Waals surface area contributed by atoms with Crippen molar-refractivity contribution in [3.05, 3.63) is 41.3 Å². The summed E-state index contributed by atoms with van der Waals surface area (Å²) in [7, 11) is 0. The molecule has 172 valence electrons. The fourth-order valence-electron chi connectivity index (χ4n) is 4.77. The van der Waals surface area contributed by atoms with Crippen LogP contribution in [0, 0.1) is 23.4 Å². The molecule has 2 aromatic rings. The third kappa shape index (κ3) is 4.50. The largest absolute Gasteiger partial charge is 0.481 e. The summed E-state index contributed by atoms with van der Waals surface area (Å²) in [6.45, 7) is 0.676. The van der Waals surface area contributed by atoms with Crippen molar-refractivity contribution in [3.63, 3.8) is 0 Å². The van der Waals surface area contributed by atoms with Crippen molar-refractivity contribution in [2.24, 2.45) is 5.92 Å². The van der Waals surface area contributed by atoms with Gasteiger partial charge in [-0.2, -0.15) is 0 Å². The van der Waals surface area contributed by atoms with Crippen LogP contribution >= 0.6 is 0 Å². The first kappa shape index (κ1) is 22.3. The molecule has 1 aliphatic heterocycles. The molecule has 2 atom stereocenters. The second-order valence-electron chi connectivity index (χ2n) is 8.36. The molecular formula is C22H24F3N3O4. The fourth-order valence-corrected chi connectivity index (χ4v) is 4.77. The quantitative estimate of drug-likeness (QED) is 0.715. The van der Waals surface area contributed by atoms with E-state index in [2.05, 4.69) is 15.4 Å². The maximum Gasteiger partial charge on any atom is 0.309 e. The predicted molar refractivity (Wildman–Crippen MR) is 107 cm³/mol. The first-order valence-corrected chi connectivity index (χ1v) is 10.8. The van der Waals surface area contributed by atoms with E-state index in [9.17, 15) is 27.9 Å². The zero-order chi connectivity index (χ0) is 22.8. The standard InChI is InChI=1S/C22H24F3N3O4/c23-12-9-15(24)19(16(25)10-12)18-11-17(27-32-18)21(29)26-20-14(22(30)31)7-4-8-28(20)13-5-2-1-3-6-13/h9-11,13-14,20H,1-8H2,(H,26,29)(H,30,31)/t14-,20?/m1/s1. The lowest BCUT2D eigenvalue weighted by molar-refractivity contribution is -0.147. The molecule has 1 saturated carbocycles. The van der Waals surface area contributed by atoms with Crippen LogP contribution < -0.4 is 5.32 Å². The number of aromatic nitrogens is 1. The molecule has 2 aliphatic rings. The summed E-state index contributed by atoms with van der Waals surface area (Å²) in [4.78, 5) is 26.8. The van der Waals surface area contributed by atoms with Gasteiger partial charge in [-0.25, -0.2) is 13.2 Å². The molecule has 1 aromatic carbocycles. The number of halogens is 3. The van der Waals surface area contributed by atoms with Crippen LogP contribution in [0.1, 0.15) is 55.4 Å². The number of hydrogen-bond acceptors (Lipinski definition) is 5. The molecule has 1 aromatic heterocycles. The number of benzene rings is 1. The molecular weight excluding hydrogens is 427 g/mol. The number of carboxylic acids is 1. The number of nitrogens with one attached hydrogen (secondary N) is 1. The van der Waals surface area contributed by atoms with Crippen molar-refractivity contribution >= 4 is 11.9 Å². The van der Waals surface area contributed by atoms with Gasteiger partial charge in [-0.3, -0.25) is 14.5 Å². The number of carbonyl (C=O) groups excluding carboxylic acids is 1. The van der Waals surface area contributed by atoms with Gasteiger partial charge in [-0.05, 0) is 25.7 Å². The number of piperidine rings is 1. The molecule has 0 bridgehead atoms. The van der Waals surface area contributed by atoms with Crippen LogP contribution in [0.15, 0.2) is 22.7 Å². The molecule has 10 heteroatoms. The van der Waals surface area contributed by atoms with E-state index in [1.54, 1.807) is 0 Å². The van der Waals surface area contributed by atoms with Crippen LogP contribution in [0.3, 0.4) is 0 Å². The van der Waals surface area contributed by atoms with Crippen molar-refractivity contribution in [1.82, 2.24) is 15.4 Å². The maximum absolute atomic E-state index is 14.0. The molecule has 1 saturated heterocycles. The van der Waals surface area contributed by atoms with Gasteiger partial charge >= 0.3 is 5.97 Å². The summed E-state index contributed by atoms with van der Waals surface area (Å²) in [5, 5.41) is 16.1. The highest BCUT2D eigenvalue weighted by molar-refractivity contribution is 5.93. The van der Waals surface area contributed by atoms with E-state index in [0.29, 0.717) is 25.1 Å². The Bertz CT molecular complexity index is 983.